The van der Waals surface area contributed by atoms with Gasteiger partial charge in [0.05, 0.1) is 0 Å². The summed E-state index contributed by atoms with van der Waals surface area (Å²) in [6.45, 7) is 11.8. The molecule has 0 radical (unpaired) electrons. The molecule has 2 heterocycles. The zero-order valence-electron chi connectivity index (χ0n) is 13.2. The van der Waals surface area contributed by atoms with E-state index in [4.69, 9.17) is 4.74 Å². The van der Waals surface area contributed by atoms with Crippen molar-refractivity contribution in [1.29, 1.82) is 0 Å². The van der Waals surface area contributed by atoms with Crippen LogP contribution in [0.2, 0.25) is 0 Å². The third-order valence-corrected chi connectivity index (χ3v) is 3.96. The Hall–Kier alpha value is -0.810. The van der Waals surface area contributed by atoms with Crippen LogP contribution in [0.25, 0.3) is 0 Å². The number of likely N-dealkylation sites (tertiary alicyclic amines) is 1. The Kier molecular flexibility index (Phi) is 5.27. The van der Waals surface area contributed by atoms with Crippen LogP contribution < -0.4 is 5.32 Å². The fourth-order valence-corrected chi connectivity index (χ4v) is 2.92. The average molecular weight is 283 g/mol. The highest BCUT2D eigenvalue weighted by Crippen LogP contribution is 2.16. The number of nitrogens with zero attached hydrogens (tertiary/aromatic N) is 2. The lowest BCUT2D eigenvalue weighted by Crippen LogP contribution is -2.55. The molecule has 2 fully saturated rings. The summed E-state index contributed by atoms with van der Waals surface area (Å²) in [6.07, 6.45) is 3.51. The van der Waals surface area contributed by atoms with Crippen molar-refractivity contribution in [3.05, 3.63) is 0 Å². The van der Waals surface area contributed by atoms with Crippen LogP contribution >= 0.6 is 0 Å². The number of carbonyl (C=O) groups is 1. The standard InChI is InChI=1S/C15H29N3O2/c1-15(2,3)20-14(19)18-11-7-16-12-13(18)6-10-17-8-4-5-9-17/h13,16H,4-12H2,1-3H3. The molecule has 1 amide bonds. The van der Waals surface area contributed by atoms with Crippen molar-refractivity contribution < 1.29 is 9.53 Å². The lowest BCUT2D eigenvalue weighted by atomic mass is 10.1. The zero-order chi connectivity index (χ0) is 14.6. The number of hydrogen-bond acceptors (Lipinski definition) is 4. The molecule has 2 aliphatic rings. The van der Waals surface area contributed by atoms with Crippen molar-refractivity contribution >= 4 is 6.09 Å². The fraction of sp³-hybridized carbons (Fsp3) is 0.933. The SMILES string of the molecule is CC(C)(C)OC(=O)N1CCNCC1CCN1CCCC1. The van der Waals surface area contributed by atoms with Crippen LogP contribution in [0.5, 0.6) is 0 Å². The van der Waals surface area contributed by atoms with Crippen LogP contribution in [0.3, 0.4) is 0 Å². The summed E-state index contributed by atoms with van der Waals surface area (Å²) in [6, 6.07) is 0.263. The van der Waals surface area contributed by atoms with Gasteiger partial charge in [0.2, 0.25) is 0 Å². The number of amides is 1. The van der Waals surface area contributed by atoms with Crippen molar-refractivity contribution in [2.45, 2.75) is 51.7 Å². The molecular weight excluding hydrogens is 254 g/mol. The third kappa shape index (κ3) is 4.63. The van der Waals surface area contributed by atoms with E-state index in [0.717, 1.165) is 32.6 Å². The monoisotopic (exact) mass is 283 g/mol. The highest BCUT2D eigenvalue weighted by atomic mass is 16.6. The van der Waals surface area contributed by atoms with Gasteiger partial charge in [0.15, 0.2) is 0 Å². The number of hydrogen-bond donors (Lipinski definition) is 1. The molecule has 20 heavy (non-hydrogen) atoms. The number of rotatable bonds is 3. The molecule has 5 heteroatoms. The molecule has 2 saturated heterocycles. The van der Waals surface area contributed by atoms with E-state index in [2.05, 4.69) is 10.2 Å². The van der Waals surface area contributed by atoms with Gasteiger partial charge in [-0.25, -0.2) is 4.79 Å². The quantitative estimate of drug-likeness (QED) is 0.856. The minimum absolute atomic E-state index is 0.162. The maximum Gasteiger partial charge on any atom is 0.410 e. The Labute approximate surface area is 122 Å². The number of ether oxygens (including phenoxy) is 1. The van der Waals surface area contributed by atoms with Gasteiger partial charge in [-0.15, -0.1) is 0 Å². The normalized spacial score (nSPS) is 24.9. The molecular formula is C15H29N3O2. The van der Waals surface area contributed by atoms with E-state index in [9.17, 15) is 4.79 Å². The van der Waals surface area contributed by atoms with Crippen LogP contribution in [0.4, 0.5) is 4.79 Å². The molecule has 1 unspecified atom stereocenters. The van der Waals surface area contributed by atoms with Crippen LogP contribution in [0, 0.1) is 0 Å². The van der Waals surface area contributed by atoms with Gasteiger partial charge in [0.25, 0.3) is 0 Å². The highest BCUT2D eigenvalue weighted by Gasteiger charge is 2.30. The molecule has 0 bridgehead atoms. The predicted molar refractivity (Wildman–Crippen MR) is 79.9 cm³/mol. The first kappa shape index (κ1) is 15.6. The minimum atomic E-state index is -0.415. The van der Waals surface area contributed by atoms with E-state index in [-0.39, 0.29) is 12.1 Å². The lowest BCUT2D eigenvalue weighted by Gasteiger charge is -2.37. The molecule has 2 rings (SSSR count). The molecule has 0 saturated carbocycles. The Bertz CT molecular complexity index is 322. The van der Waals surface area contributed by atoms with Crippen LogP contribution in [-0.4, -0.2) is 66.8 Å². The first-order valence-electron chi connectivity index (χ1n) is 7.88. The van der Waals surface area contributed by atoms with Gasteiger partial charge in [-0.05, 0) is 53.1 Å². The summed E-state index contributed by atoms with van der Waals surface area (Å²) in [5.74, 6) is 0. The van der Waals surface area contributed by atoms with Crippen molar-refractivity contribution in [2.75, 3.05) is 39.3 Å². The summed E-state index contributed by atoms with van der Waals surface area (Å²) in [7, 11) is 0. The second kappa shape index (κ2) is 6.76. The van der Waals surface area contributed by atoms with Crippen molar-refractivity contribution in [1.82, 2.24) is 15.1 Å². The summed E-state index contributed by atoms with van der Waals surface area (Å²) in [4.78, 5) is 16.7. The molecule has 2 aliphatic heterocycles. The number of nitrogens with one attached hydrogen (secondary N) is 1. The summed E-state index contributed by atoms with van der Waals surface area (Å²) < 4.78 is 5.52. The Morgan fingerprint density at radius 1 is 1.25 bits per heavy atom. The summed E-state index contributed by atoms with van der Waals surface area (Å²) >= 11 is 0. The van der Waals surface area contributed by atoms with Crippen molar-refractivity contribution in [3.8, 4) is 0 Å². The summed E-state index contributed by atoms with van der Waals surface area (Å²) in [5, 5.41) is 3.39. The van der Waals surface area contributed by atoms with E-state index in [1.807, 2.05) is 25.7 Å². The third-order valence-electron chi connectivity index (χ3n) is 3.96. The van der Waals surface area contributed by atoms with E-state index >= 15 is 0 Å². The summed E-state index contributed by atoms with van der Waals surface area (Å²) in [5.41, 5.74) is -0.415. The highest BCUT2D eigenvalue weighted by molar-refractivity contribution is 5.68. The second-order valence-corrected chi connectivity index (χ2v) is 6.87. The first-order valence-corrected chi connectivity index (χ1v) is 7.88. The van der Waals surface area contributed by atoms with E-state index < -0.39 is 5.60 Å². The molecule has 1 N–H and O–H groups in total. The predicted octanol–water partition coefficient (Wildman–Crippen LogP) is 1.68. The molecule has 116 valence electrons. The largest absolute Gasteiger partial charge is 0.444 e. The Balaban J connectivity index is 1.85. The maximum absolute atomic E-state index is 12.3. The van der Waals surface area contributed by atoms with Gasteiger partial charge >= 0.3 is 6.09 Å². The van der Waals surface area contributed by atoms with Crippen molar-refractivity contribution in [2.24, 2.45) is 0 Å². The molecule has 0 aromatic heterocycles. The van der Waals surface area contributed by atoms with E-state index in [1.54, 1.807) is 0 Å². The topological polar surface area (TPSA) is 44.8 Å². The van der Waals surface area contributed by atoms with E-state index in [0.29, 0.717) is 0 Å². The van der Waals surface area contributed by atoms with Gasteiger partial charge in [-0.3, -0.25) is 0 Å². The molecule has 0 aromatic carbocycles. The molecule has 0 aromatic rings. The molecule has 0 aliphatic carbocycles. The Morgan fingerprint density at radius 2 is 1.95 bits per heavy atom. The maximum atomic E-state index is 12.3. The van der Waals surface area contributed by atoms with Gasteiger partial charge in [-0.1, -0.05) is 0 Å². The second-order valence-electron chi connectivity index (χ2n) is 6.87. The minimum Gasteiger partial charge on any atom is -0.444 e. The van der Waals surface area contributed by atoms with Gasteiger partial charge in [0, 0.05) is 32.2 Å². The Morgan fingerprint density at radius 3 is 2.60 bits per heavy atom. The van der Waals surface area contributed by atoms with Gasteiger partial charge in [-0.2, -0.15) is 0 Å². The van der Waals surface area contributed by atoms with E-state index in [1.165, 1.54) is 25.9 Å². The molecule has 5 nitrogen and oxygen atoms in total. The first-order chi connectivity index (χ1) is 9.46. The van der Waals surface area contributed by atoms with Gasteiger partial charge < -0.3 is 19.9 Å². The average Bonchev–Trinajstić information content (AvgIpc) is 2.87. The molecule has 0 spiro atoms. The van der Waals surface area contributed by atoms with Gasteiger partial charge in [0.1, 0.15) is 5.60 Å². The number of piperazine rings is 1. The zero-order valence-corrected chi connectivity index (χ0v) is 13.2. The molecule has 1 atom stereocenters. The fourth-order valence-electron chi connectivity index (χ4n) is 2.92. The number of carbonyl (C=O) groups excluding carboxylic acids is 1. The van der Waals surface area contributed by atoms with Crippen LogP contribution in [0.15, 0.2) is 0 Å². The lowest BCUT2D eigenvalue weighted by molar-refractivity contribution is 0.0103. The smallest absolute Gasteiger partial charge is 0.410 e. The van der Waals surface area contributed by atoms with Crippen LogP contribution in [0.1, 0.15) is 40.0 Å². The van der Waals surface area contributed by atoms with Crippen LogP contribution in [-0.2, 0) is 4.74 Å². The van der Waals surface area contributed by atoms with Crippen molar-refractivity contribution in [3.63, 3.8) is 0 Å².